The number of nitrogens with zero attached hydrogens (tertiary/aromatic N) is 2. The van der Waals surface area contributed by atoms with Gasteiger partial charge < -0.3 is 4.90 Å². The summed E-state index contributed by atoms with van der Waals surface area (Å²) in [6, 6.07) is 1.99. The first kappa shape index (κ1) is 8.96. The lowest BCUT2D eigenvalue weighted by Crippen LogP contribution is -2.32. The maximum Gasteiger partial charge on any atom is 0.236 e. The van der Waals surface area contributed by atoms with Crippen LogP contribution in [0.2, 0.25) is 0 Å². The molecule has 0 aliphatic heterocycles. The van der Waals surface area contributed by atoms with Crippen molar-refractivity contribution in [1.82, 2.24) is 4.90 Å². The van der Waals surface area contributed by atoms with Gasteiger partial charge in [0.25, 0.3) is 0 Å². The van der Waals surface area contributed by atoms with Crippen molar-refractivity contribution in [3.8, 4) is 6.07 Å². The van der Waals surface area contributed by atoms with Crippen molar-refractivity contribution in [1.29, 1.82) is 5.26 Å². The second-order valence-electron chi connectivity index (χ2n) is 2.43. The zero-order valence-electron chi connectivity index (χ0n) is 6.59. The maximum atomic E-state index is 10.9. The van der Waals surface area contributed by atoms with Gasteiger partial charge in [0, 0.05) is 13.1 Å². The molecule has 0 aliphatic carbocycles. The molecule has 0 unspecified atom stereocenters. The summed E-state index contributed by atoms with van der Waals surface area (Å²) >= 11 is 0. The van der Waals surface area contributed by atoms with Gasteiger partial charge in [-0.2, -0.15) is 5.26 Å². The van der Waals surface area contributed by atoms with Gasteiger partial charge in [0.15, 0.2) is 0 Å². The lowest BCUT2D eigenvalue weighted by atomic mass is 10.3. The fraction of sp³-hybridized carbons (Fsp3) is 0.714. The molecule has 56 valence electrons. The van der Waals surface area contributed by atoms with Crippen LogP contribution in [0.3, 0.4) is 0 Å². The molecule has 0 radical (unpaired) electrons. The molecule has 0 spiro atoms. The largest absolute Gasteiger partial charge is 0.342 e. The molecule has 0 saturated heterocycles. The predicted molar refractivity (Wildman–Crippen MR) is 38.1 cm³/mol. The van der Waals surface area contributed by atoms with Crippen LogP contribution >= 0.6 is 0 Å². The van der Waals surface area contributed by atoms with Crippen LogP contribution in [0.15, 0.2) is 0 Å². The predicted octanol–water partition coefficient (Wildman–Crippen LogP) is 0.767. The normalized spacial score (nSPS) is 9.10. The maximum absolute atomic E-state index is 10.9. The van der Waals surface area contributed by atoms with Crippen molar-refractivity contribution in [2.24, 2.45) is 0 Å². The van der Waals surface area contributed by atoms with Crippen molar-refractivity contribution in [3.63, 3.8) is 0 Å². The zero-order chi connectivity index (χ0) is 8.15. The van der Waals surface area contributed by atoms with E-state index in [0.29, 0.717) is 0 Å². The highest BCUT2D eigenvalue weighted by Gasteiger charge is 2.09. The number of carbonyl (C=O) groups is 1. The summed E-state index contributed by atoms with van der Waals surface area (Å²) in [7, 11) is 1.70. The van der Waals surface area contributed by atoms with Crippen LogP contribution in [0, 0.1) is 11.3 Å². The van der Waals surface area contributed by atoms with E-state index in [2.05, 4.69) is 0 Å². The molecule has 0 aromatic carbocycles. The monoisotopic (exact) mass is 140 g/mol. The Kier molecular flexibility index (Phi) is 3.48. The topological polar surface area (TPSA) is 44.1 Å². The van der Waals surface area contributed by atoms with E-state index in [1.165, 1.54) is 0 Å². The van der Waals surface area contributed by atoms with Crippen molar-refractivity contribution in [2.75, 3.05) is 7.05 Å². The molecule has 1 amide bonds. The highest BCUT2D eigenvalue weighted by atomic mass is 16.2. The van der Waals surface area contributed by atoms with Crippen LogP contribution in [0.25, 0.3) is 0 Å². The SMILES string of the molecule is CC(C)N(C)C(=O)CC#N. The van der Waals surface area contributed by atoms with Gasteiger partial charge in [-0.3, -0.25) is 4.79 Å². The molecule has 0 atom stereocenters. The minimum absolute atomic E-state index is 0.0192. The first-order valence-electron chi connectivity index (χ1n) is 3.22. The van der Waals surface area contributed by atoms with Crippen molar-refractivity contribution >= 4 is 5.91 Å². The summed E-state index contributed by atoms with van der Waals surface area (Å²) in [5.74, 6) is -0.113. The molecule has 0 bridgehead atoms. The summed E-state index contributed by atoms with van der Waals surface area (Å²) in [5.41, 5.74) is 0. The van der Waals surface area contributed by atoms with Crippen molar-refractivity contribution < 1.29 is 4.79 Å². The average Bonchev–Trinajstić information content (AvgIpc) is 1.87. The van der Waals surface area contributed by atoms with E-state index < -0.39 is 0 Å². The van der Waals surface area contributed by atoms with E-state index in [1.54, 1.807) is 11.9 Å². The van der Waals surface area contributed by atoms with Crippen LogP contribution in [0.1, 0.15) is 20.3 Å². The molecular formula is C7H12N2O. The standard InChI is InChI=1S/C7H12N2O/c1-6(2)9(3)7(10)4-5-8/h6H,4H2,1-3H3. The second kappa shape index (κ2) is 3.89. The molecular weight excluding hydrogens is 128 g/mol. The lowest BCUT2D eigenvalue weighted by molar-refractivity contribution is -0.130. The smallest absolute Gasteiger partial charge is 0.236 e. The molecule has 0 saturated carbocycles. The van der Waals surface area contributed by atoms with Crippen molar-refractivity contribution in [3.05, 3.63) is 0 Å². The number of hydrogen-bond acceptors (Lipinski definition) is 2. The first-order chi connectivity index (χ1) is 4.59. The van der Waals surface area contributed by atoms with Gasteiger partial charge in [0.1, 0.15) is 6.42 Å². The molecule has 0 heterocycles. The Morgan fingerprint density at radius 2 is 2.20 bits per heavy atom. The third-order valence-corrected chi connectivity index (χ3v) is 1.40. The van der Waals surface area contributed by atoms with Gasteiger partial charge in [0.2, 0.25) is 5.91 Å². The lowest BCUT2D eigenvalue weighted by Gasteiger charge is -2.19. The van der Waals surface area contributed by atoms with E-state index in [-0.39, 0.29) is 18.4 Å². The summed E-state index contributed by atoms with van der Waals surface area (Å²) in [4.78, 5) is 12.4. The number of amides is 1. The van der Waals surface area contributed by atoms with Crippen LogP contribution in [0.5, 0.6) is 0 Å². The van der Waals surface area contributed by atoms with E-state index in [9.17, 15) is 4.79 Å². The highest BCUT2D eigenvalue weighted by Crippen LogP contribution is 1.95. The molecule has 0 aromatic heterocycles. The summed E-state index contributed by atoms with van der Waals surface area (Å²) in [6.07, 6.45) is -0.0192. The third-order valence-electron chi connectivity index (χ3n) is 1.40. The van der Waals surface area contributed by atoms with E-state index in [0.717, 1.165) is 0 Å². The molecule has 3 heteroatoms. The van der Waals surface area contributed by atoms with E-state index in [4.69, 9.17) is 5.26 Å². The highest BCUT2D eigenvalue weighted by molar-refractivity contribution is 5.78. The molecule has 10 heavy (non-hydrogen) atoms. The van der Waals surface area contributed by atoms with Crippen LogP contribution < -0.4 is 0 Å². The number of hydrogen-bond donors (Lipinski definition) is 0. The molecule has 0 aliphatic rings. The Hall–Kier alpha value is -1.04. The van der Waals surface area contributed by atoms with E-state index in [1.807, 2.05) is 19.9 Å². The zero-order valence-corrected chi connectivity index (χ0v) is 6.59. The van der Waals surface area contributed by atoms with Crippen LogP contribution in [0.4, 0.5) is 0 Å². The minimum atomic E-state index is -0.113. The Morgan fingerprint density at radius 1 is 1.70 bits per heavy atom. The number of rotatable bonds is 2. The van der Waals surface area contributed by atoms with Gasteiger partial charge in [0.05, 0.1) is 6.07 Å². The summed E-state index contributed by atoms with van der Waals surface area (Å²) in [5, 5.41) is 8.17. The minimum Gasteiger partial charge on any atom is -0.342 e. The molecule has 3 nitrogen and oxygen atoms in total. The van der Waals surface area contributed by atoms with Gasteiger partial charge in [-0.05, 0) is 13.8 Å². The number of nitriles is 1. The Morgan fingerprint density at radius 3 is 2.50 bits per heavy atom. The second-order valence-corrected chi connectivity index (χ2v) is 2.43. The fourth-order valence-electron chi connectivity index (χ4n) is 0.480. The van der Waals surface area contributed by atoms with Gasteiger partial charge in [-0.15, -0.1) is 0 Å². The molecule has 0 N–H and O–H groups in total. The van der Waals surface area contributed by atoms with E-state index >= 15 is 0 Å². The molecule has 0 fully saturated rings. The quantitative estimate of drug-likeness (QED) is 0.568. The third kappa shape index (κ3) is 2.49. The van der Waals surface area contributed by atoms with Crippen molar-refractivity contribution in [2.45, 2.75) is 26.3 Å². The van der Waals surface area contributed by atoms with Crippen LogP contribution in [-0.4, -0.2) is 23.9 Å². The Balaban J connectivity index is 3.85. The molecule has 0 aromatic rings. The first-order valence-corrected chi connectivity index (χ1v) is 3.22. The summed E-state index contributed by atoms with van der Waals surface area (Å²) in [6.45, 7) is 3.82. The van der Waals surface area contributed by atoms with Crippen LogP contribution in [-0.2, 0) is 4.79 Å². The summed E-state index contributed by atoms with van der Waals surface area (Å²) < 4.78 is 0. The van der Waals surface area contributed by atoms with Gasteiger partial charge in [-0.1, -0.05) is 0 Å². The van der Waals surface area contributed by atoms with Gasteiger partial charge >= 0.3 is 0 Å². The fourth-order valence-corrected chi connectivity index (χ4v) is 0.480. The molecule has 0 rings (SSSR count). The average molecular weight is 140 g/mol. The number of carbonyl (C=O) groups excluding carboxylic acids is 1. The van der Waals surface area contributed by atoms with Gasteiger partial charge in [-0.25, -0.2) is 0 Å². The Labute approximate surface area is 61.2 Å². The Bertz CT molecular complexity index is 157.